The van der Waals surface area contributed by atoms with E-state index in [4.69, 9.17) is 9.47 Å². The van der Waals surface area contributed by atoms with Crippen LogP contribution >= 0.6 is 0 Å². The van der Waals surface area contributed by atoms with Gasteiger partial charge < -0.3 is 9.47 Å². The van der Waals surface area contributed by atoms with E-state index >= 15 is 0 Å². The minimum absolute atomic E-state index is 0.227. The Morgan fingerprint density at radius 2 is 1.86 bits per heavy atom. The molecule has 0 amide bonds. The fourth-order valence-electron chi connectivity index (χ4n) is 3.20. The van der Waals surface area contributed by atoms with E-state index in [1.807, 2.05) is 18.2 Å². The van der Waals surface area contributed by atoms with Crippen LogP contribution in [0.25, 0.3) is 0 Å². The Hall–Kier alpha value is -1.51. The Bertz CT molecular complexity index is 503. The maximum atomic E-state index is 12.3. The maximum Gasteiger partial charge on any atom is 0.163 e. The molecule has 21 heavy (non-hydrogen) atoms. The highest BCUT2D eigenvalue weighted by molar-refractivity contribution is 5.96. The predicted molar refractivity (Wildman–Crippen MR) is 82.1 cm³/mol. The number of carbonyl (C=O) groups is 1. The van der Waals surface area contributed by atoms with Gasteiger partial charge in [0.15, 0.2) is 17.3 Å². The molecule has 3 nitrogen and oxygen atoms in total. The van der Waals surface area contributed by atoms with Crippen molar-refractivity contribution in [3.63, 3.8) is 0 Å². The molecule has 0 aromatic heterocycles. The average molecular weight is 288 g/mol. The number of Topliss-reactive ketones (excluding diaryl/α,β-unsaturated/α-hetero) is 1. The molecule has 3 rings (SSSR count). The van der Waals surface area contributed by atoms with Crippen LogP contribution in [0.2, 0.25) is 0 Å². The van der Waals surface area contributed by atoms with Gasteiger partial charge in [-0.05, 0) is 30.5 Å². The number of benzene rings is 1. The fourth-order valence-corrected chi connectivity index (χ4v) is 3.20. The Labute approximate surface area is 126 Å². The first kappa shape index (κ1) is 14.4. The minimum atomic E-state index is 0.227. The summed E-state index contributed by atoms with van der Waals surface area (Å²) in [5.74, 6) is 2.83. The molecule has 0 radical (unpaired) electrons. The topological polar surface area (TPSA) is 35.5 Å². The van der Waals surface area contributed by atoms with E-state index in [1.54, 1.807) is 0 Å². The average Bonchev–Trinajstić information content (AvgIpc) is 2.95. The van der Waals surface area contributed by atoms with E-state index in [9.17, 15) is 4.79 Å². The Morgan fingerprint density at radius 3 is 2.62 bits per heavy atom. The lowest BCUT2D eigenvalue weighted by Crippen LogP contribution is -2.12. The molecule has 1 aromatic carbocycles. The molecule has 114 valence electrons. The smallest absolute Gasteiger partial charge is 0.163 e. The molecule has 1 unspecified atom stereocenters. The number of rotatable bonds is 4. The van der Waals surface area contributed by atoms with Gasteiger partial charge in [0.2, 0.25) is 0 Å². The summed E-state index contributed by atoms with van der Waals surface area (Å²) in [5.41, 5.74) is 0.755. The summed E-state index contributed by atoms with van der Waals surface area (Å²) < 4.78 is 11.5. The van der Waals surface area contributed by atoms with Gasteiger partial charge in [-0.1, -0.05) is 32.6 Å². The molecule has 0 N–H and O–H groups in total. The third kappa shape index (κ3) is 3.58. The Kier molecular flexibility index (Phi) is 4.47. The summed E-state index contributed by atoms with van der Waals surface area (Å²) in [7, 11) is 0. The quantitative estimate of drug-likeness (QED) is 0.777. The minimum Gasteiger partial charge on any atom is -0.489 e. The molecule has 0 saturated heterocycles. The molecule has 1 fully saturated rings. The molecule has 2 aliphatic rings. The first-order valence-electron chi connectivity index (χ1n) is 8.15. The molecule has 1 atom stereocenters. The van der Waals surface area contributed by atoms with Gasteiger partial charge in [0.1, 0.15) is 0 Å². The monoisotopic (exact) mass is 288 g/mol. The van der Waals surface area contributed by atoms with E-state index in [2.05, 4.69) is 6.92 Å². The van der Waals surface area contributed by atoms with Crippen LogP contribution < -0.4 is 9.47 Å². The van der Waals surface area contributed by atoms with E-state index in [-0.39, 0.29) is 5.78 Å². The largest absolute Gasteiger partial charge is 0.489 e. The van der Waals surface area contributed by atoms with Crippen LogP contribution in [0.5, 0.6) is 11.5 Å². The van der Waals surface area contributed by atoms with Gasteiger partial charge in [-0.3, -0.25) is 4.79 Å². The molecular weight excluding hydrogens is 264 g/mol. The standard InChI is InChI=1S/C18H24O3/c1-13-11-20-17-9-7-15(10-18(17)21-12-13)16(19)8-6-14-4-2-3-5-14/h7,9-10,13-14H,2-6,8,11-12H2,1H3. The maximum absolute atomic E-state index is 12.3. The number of ketones is 1. The number of fused-ring (bicyclic) bond motifs is 1. The van der Waals surface area contributed by atoms with Crippen molar-refractivity contribution < 1.29 is 14.3 Å². The summed E-state index contributed by atoms with van der Waals surface area (Å²) in [4.78, 5) is 12.3. The predicted octanol–water partition coefficient (Wildman–Crippen LogP) is 4.25. The summed E-state index contributed by atoms with van der Waals surface area (Å²) in [5, 5.41) is 0. The van der Waals surface area contributed by atoms with Gasteiger partial charge in [-0.2, -0.15) is 0 Å². The summed E-state index contributed by atoms with van der Waals surface area (Å²) >= 11 is 0. The van der Waals surface area contributed by atoms with Crippen LogP contribution in [0.1, 0.15) is 55.8 Å². The molecule has 1 saturated carbocycles. The van der Waals surface area contributed by atoms with Crippen LogP contribution in [0.3, 0.4) is 0 Å². The van der Waals surface area contributed by atoms with Crippen molar-refractivity contribution in [3.05, 3.63) is 23.8 Å². The fraction of sp³-hybridized carbons (Fsp3) is 0.611. The van der Waals surface area contributed by atoms with Crippen LogP contribution in [-0.2, 0) is 0 Å². The second-order valence-electron chi connectivity index (χ2n) is 6.50. The summed E-state index contributed by atoms with van der Waals surface area (Å²) in [6.45, 7) is 3.41. The highest BCUT2D eigenvalue weighted by Crippen LogP contribution is 2.33. The second-order valence-corrected chi connectivity index (χ2v) is 6.50. The molecule has 0 bridgehead atoms. The normalized spacial score (nSPS) is 22.0. The summed E-state index contributed by atoms with van der Waals surface area (Å²) in [6, 6.07) is 5.59. The van der Waals surface area contributed by atoms with E-state index in [0.717, 1.165) is 23.7 Å². The molecule has 1 aromatic rings. The van der Waals surface area contributed by atoms with Crippen LogP contribution in [0.4, 0.5) is 0 Å². The zero-order valence-corrected chi connectivity index (χ0v) is 12.8. The summed E-state index contributed by atoms with van der Waals surface area (Å²) in [6.07, 6.45) is 6.95. The zero-order valence-electron chi connectivity index (χ0n) is 12.8. The highest BCUT2D eigenvalue weighted by Gasteiger charge is 2.19. The van der Waals surface area contributed by atoms with Crippen molar-refractivity contribution in [2.75, 3.05) is 13.2 Å². The van der Waals surface area contributed by atoms with E-state index < -0.39 is 0 Å². The lowest BCUT2D eigenvalue weighted by molar-refractivity contribution is 0.0973. The van der Waals surface area contributed by atoms with Crippen molar-refractivity contribution in [2.45, 2.75) is 45.4 Å². The Morgan fingerprint density at radius 1 is 1.14 bits per heavy atom. The lowest BCUT2D eigenvalue weighted by Gasteiger charge is -2.10. The molecule has 1 aliphatic heterocycles. The number of hydrogen-bond acceptors (Lipinski definition) is 3. The van der Waals surface area contributed by atoms with Gasteiger partial charge in [0.25, 0.3) is 0 Å². The first-order valence-corrected chi connectivity index (χ1v) is 8.15. The van der Waals surface area contributed by atoms with Crippen molar-refractivity contribution in [2.24, 2.45) is 11.8 Å². The molecule has 3 heteroatoms. The lowest BCUT2D eigenvalue weighted by atomic mass is 9.97. The number of carbonyl (C=O) groups excluding carboxylic acids is 1. The van der Waals surface area contributed by atoms with Gasteiger partial charge in [-0.15, -0.1) is 0 Å². The van der Waals surface area contributed by atoms with Crippen LogP contribution in [0, 0.1) is 11.8 Å². The molecule has 0 spiro atoms. The van der Waals surface area contributed by atoms with Crippen LogP contribution in [-0.4, -0.2) is 19.0 Å². The first-order chi connectivity index (χ1) is 10.2. The van der Waals surface area contributed by atoms with Crippen molar-refractivity contribution >= 4 is 5.78 Å². The SMILES string of the molecule is CC1COc2ccc(C(=O)CCC3CCCC3)cc2OC1. The van der Waals surface area contributed by atoms with Crippen molar-refractivity contribution in [3.8, 4) is 11.5 Å². The second kappa shape index (κ2) is 6.50. The number of hydrogen-bond donors (Lipinski definition) is 0. The Balaban J connectivity index is 1.64. The zero-order chi connectivity index (χ0) is 14.7. The van der Waals surface area contributed by atoms with Crippen molar-refractivity contribution in [1.82, 2.24) is 0 Å². The third-order valence-electron chi connectivity index (χ3n) is 4.57. The third-order valence-corrected chi connectivity index (χ3v) is 4.57. The van der Waals surface area contributed by atoms with Gasteiger partial charge in [0, 0.05) is 17.9 Å². The van der Waals surface area contributed by atoms with Gasteiger partial charge in [0.05, 0.1) is 13.2 Å². The van der Waals surface area contributed by atoms with Gasteiger partial charge >= 0.3 is 0 Å². The molecule has 1 aliphatic carbocycles. The van der Waals surface area contributed by atoms with Crippen molar-refractivity contribution in [1.29, 1.82) is 0 Å². The highest BCUT2D eigenvalue weighted by atomic mass is 16.5. The van der Waals surface area contributed by atoms with E-state index in [0.29, 0.717) is 31.3 Å². The van der Waals surface area contributed by atoms with E-state index in [1.165, 1.54) is 25.7 Å². The molecular formula is C18H24O3. The van der Waals surface area contributed by atoms with Crippen LogP contribution in [0.15, 0.2) is 18.2 Å². The molecule has 1 heterocycles. The van der Waals surface area contributed by atoms with Gasteiger partial charge in [-0.25, -0.2) is 0 Å². The number of ether oxygens (including phenoxy) is 2.